The Hall–Kier alpha value is -1.01. The van der Waals surface area contributed by atoms with Crippen LogP contribution in [0.4, 0.5) is 0 Å². The van der Waals surface area contributed by atoms with E-state index in [-0.39, 0.29) is 12.5 Å². The molecule has 0 spiro atoms. The Bertz CT molecular complexity index is 1060. The summed E-state index contributed by atoms with van der Waals surface area (Å²) >= 11 is 0. The molecule has 62 heavy (non-hydrogen) atoms. The van der Waals surface area contributed by atoms with Gasteiger partial charge in [-0.3, -0.25) is 4.79 Å². The fraction of sp³-hybridized carbons (Fsp3) is 0.979. The SMILES string of the molecule is CCCCCCCCCCCCCCCCCCCCCCC(=O)NC(COC1OC(CO)C(OC2OC(CO)C(O)C(O)C2O)C(O)C1O)C(O)CCCCCCCCCC. The highest BCUT2D eigenvalue weighted by molar-refractivity contribution is 5.76. The normalized spacial score (nSPS) is 27.6. The van der Waals surface area contributed by atoms with Crippen molar-refractivity contribution in [2.24, 2.45) is 0 Å². The van der Waals surface area contributed by atoms with Gasteiger partial charge in [0.05, 0.1) is 32.0 Å². The predicted molar refractivity (Wildman–Crippen MR) is 240 cm³/mol. The second-order valence-electron chi connectivity index (χ2n) is 18.3. The molecule has 368 valence electrons. The standard InChI is InChI=1S/C48H93NO13/c1-3-5-7-9-11-13-14-15-16-17-18-19-20-21-22-23-24-26-28-30-32-40(53)49-36(37(52)31-29-27-25-12-10-8-6-4-2)35-59-47-45(58)43(56)46(39(34-51)61-47)62-48-44(57)42(55)41(54)38(33-50)60-48/h36-39,41-48,50-52,54-58H,3-35H2,1-2H3,(H,49,53). The van der Waals surface area contributed by atoms with Crippen LogP contribution >= 0.6 is 0 Å². The van der Waals surface area contributed by atoms with Gasteiger partial charge in [-0.1, -0.05) is 187 Å². The summed E-state index contributed by atoms with van der Waals surface area (Å²) in [5.74, 6) is -0.206. The van der Waals surface area contributed by atoms with Gasteiger partial charge < -0.3 is 65.1 Å². The minimum absolute atomic E-state index is 0.206. The van der Waals surface area contributed by atoms with Crippen molar-refractivity contribution in [3.8, 4) is 0 Å². The topological polar surface area (TPSA) is 228 Å². The number of carbonyl (C=O) groups is 1. The molecule has 14 nitrogen and oxygen atoms in total. The molecular formula is C48H93NO13. The first-order valence-corrected chi connectivity index (χ1v) is 25.3. The summed E-state index contributed by atoms with van der Waals surface area (Å²) in [6.07, 6.45) is 18.5. The number of aliphatic hydroxyl groups is 8. The van der Waals surface area contributed by atoms with Gasteiger partial charge in [0.2, 0.25) is 5.91 Å². The van der Waals surface area contributed by atoms with E-state index in [4.69, 9.17) is 18.9 Å². The van der Waals surface area contributed by atoms with Gasteiger partial charge in [0.1, 0.15) is 48.8 Å². The van der Waals surface area contributed by atoms with Crippen molar-refractivity contribution in [3.63, 3.8) is 0 Å². The lowest BCUT2D eigenvalue weighted by molar-refractivity contribution is -0.359. The smallest absolute Gasteiger partial charge is 0.220 e. The molecule has 12 atom stereocenters. The number of hydrogen-bond donors (Lipinski definition) is 9. The molecule has 2 fully saturated rings. The molecule has 0 aromatic heterocycles. The van der Waals surface area contributed by atoms with Crippen molar-refractivity contribution >= 4 is 5.91 Å². The minimum atomic E-state index is -1.78. The van der Waals surface area contributed by atoms with E-state index in [1.54, 1.807) is 0 Å². The zero-order chi connectivity index (χ0) is 45.4. The molecule has 2 saturated heterocycles. The van der Waals surface area contributed by atoms with Crippen molar-refractivity contribution in [1.29, 1.82) is 0 Å². The molecule has 2 aliphatic heterocycles. The van der Waals surface area contributed by atoms with Crippen LogP contribution in [0.2, 0.25) is 0 Å². The molecule has 0 aliphatic carbocycles. The van der Waals surface area contributed by atoms with Crippen molar-refractivity contribution in [3.05, 3.63) is 0 Å². The number of nitrogens with one attached hydrogen (secondary N) is 1. The summed E-state index contributed by atoms with van der Waals surface area (Å²) in [5.41, 5.74) is 0. The molecule has 12 unspecified atom stereocenters. The summed E-state index contributed by atoms with van der Waals surface area (Å²) in [7, 11) is 0. The Morgan fingerprint density at radius 1 is 0.516 bits per heavy atom. The molecule has 0 aromatic carbocycles. The third kappa shape index (κ3) is 23.4. The zero-order valence-electron chi connectivity index (χ0n) is 38.9. The molecule has 2 aliphatic rings. The van der Waals surface area contributed by atoms with Crippen LogP contribution in [0.25, 0.3) is 0 Å². The first-order valence-electron chi connectivity index (χ1n) is 25.3. The second kappa shape index (κ2) is 36.2. The lowest BCUT2D eigenvalue weighted by Crippen LogP contribution is -2.65. The van der Waals surface area contributed by atoms with Gasteiger partial charge >= 0.3 is 0 Å². The van der Waals surface area contributed by atoms with E-state index in [9.17, 15) is 45.6 Å². The molecule has 14 heteroatoms. The third-order valence-electron chi connectivity index (χ3n) is 12.8. The Morgan fingerprint density at radius 3 is 1.37 bits per heavy atom. The number of unbranched alkanes of at least 4 members (excludes halogenated alkanes) is 26. The number of rotatable bonds is 39. The van der Waals surface area contributed by atoms with Crippen molar-refractivity contribution in [1.82, 2.24) is 5.32 Å². The van der Waals surface area contributed by atoms with E-state index in [0.717, 1.165) is 51.4 Å². The molecule has 0 bridgehead atoms. The lowest BCUT2D eigenvalue weighted by Gasteiger charge is -2.46. The highest BCUT2D eigenvalue weighted by Gasteiger charge is 2.51. The van der Waals surface area contributed by atoms with Crippen LogP contribution in [0.15, 0.2) is 0 Å². The highest BCUT2D eigenvalue weighted by atomic mass is 16.7. The van der Waals surface area contributed by atoms with Crippen LogP contribution in [0, 0.1) is 0 Å². The van der Waals surface area contributed by atoms with Crippen LogP contribution in [0.1, 0.15) is 206 Å². The van der Waals surface area contributed by atoms with Gasteiger partial charge in [-0.2, -0.15) is 0 Å². The van der Waals surface area contributed by atoms with Crippen LogP contribution < -0.4 is 5.32 Å². The first-order chi connectivity index (χ1) is 30.1. The fourth-order valence-electron chi connectivity index (χ4n) is 8.65. The number of amides is 1. The summed E-state index contributed by atoms with van der Waals surface area (Å²) in [4.78, 5) is 13.1. The van der Waals surface area contributed by atoms with Crippen molar-refractivity contribution in [2.45, 2.75) is 280 Å². The quantitative estimate of drug-likeness (QED) is 0.0313. The Kier molecular flexibility index (Phi) is 33.3. The summed E-state index contributed by atoms with van der Waals surface area (Å²) in [6.45, 7) is 2.82. The van der Waals surface area contributed by atoms with Crippen LogP contribution in [0.3, 0.4) is 0 Å². The lowest BCUT2D eigenvalue weighted by atomic mass is 9.97. The molecule has 0 saturated carbocycles. The van der Waals surface area contributed by atoms with Crippen molar-refractivity contribution in [2.75, 3.05) is 19.8 Å². The molecule has 9 N–H and O–H groups in total. The average Bonchev–Trinajstić information content (AvgIpc) is 3.27. The van der Waals surface area contributed by atoms with Crippen LogP contribution in [-0.4, -0.2) is 140 Å². The average molecular weight is 892 g/mol. The number of aliphatic hydroxyl groups excluding tert-OH is 8. The molecule has 0 aromatic rings. The molecule has 1 amide bonds. The summed E-state index contributed by atoms with van der Waals surface area (Å²) < 4.78 is 22.7. The van der Waals surface area contributed by atoms with Gasteiger partial charge in [-0.25, -0.2) is 0 Å². The van der Waals surface area contributed by atoms with Gasteiger partial charge in [0, 0.05) is 6.42 Å². The second-order valence-corrected chi connectivity index (χ2v) is 18.3. The maximum atomic E-state index is 13.1. The number of hydrogen-bond acceptors (Lipinski definition) is 13. The van der Waals surface area contributed by atoms with Crippen molar-refractivity contribution < 1.29 is 64.6 Å². The molecule has 2 heterocycles. The van der Waals surface area contributed by atoms with Gasteiger partial charge in [-0.15, -0.1) is 0 Å². The number of ether oxygens (including phenoxy) is 4. The first kappa shape index (κ1) is 57.1. The summed E-state index contributed by atoms with van der Waals surface area (Å²) in [5, 5.41) is 86.6. The Labute approximate surface area is 374 Å². The van der Waals surface area contributed by atoms with Crippen LogP contribution in [0.5, 0.6) is 0 Å². The minimum Gasteiger partial charge on any atom is -0.394 e. The van der Waals surface area contributed by atoms with E-state index >= 15 is 0 Å². The Morgan fingerprint density at radius 2 is 0.919 bits per heavy atom. The van der Waals surface area contributed by atoms with E-state index in [1.807, 2.05) is 0 Å². The van der Waals surface area contributed by atoms with E-state index in [0.29, 0.717) is 12.8 Å². The maximum absolute atomic E-state index is 13.1. The number of carbonyl (C=O) groups excluding carboxylic acids is 1. The summed E-state index contributed by atoms with van der Waals surface area (Å²) in [6, 6.07) is -0.819. The molecule has 0 radical (unpaired) electrons. The fourth-order valence-corrected chi connectivity index (χ4v) is 8.65. The monoisotopic (exact) mass is 892 g/mol. The third-order valence-corrected chi connectivity index (χ3v) is 12.8. The highest BCUT2D eigenvalue weighted by Crippen LogP contribution is 2.30. The molecular weight excluding hydrogens is 799 g/mol. The largest absolute Gasteiger partial charge is 0.394 e. The van der Waals surface area contributed by atoms with E-state index < -0.39 is 86.8 Å². The van der Waals surface area contributed by atoms with E-state index in [1.165, 1.54) is 128 Å². The van der Waals surface area contributed by atoms with Gasteiger partial charge in [0.25, 0.3) is 0 Å². The van der Waals surface area contributed by atoms with Gasteiger partial charge in [-0.05, 0) is 12.8 Å². The Balaban J connectivity index is 1.75. The maximum Gasteiger partial charge on any atom is 0.220 e. The zero-order valence-corrected chi connectivity index (χ0v) is 38.9. The van der Waals surface area contributed by atoms with Crippen LogP contribution in [-0.2, 0) is 23.7 Å². The predicted octanol–water partition coefficient (Wildman–Crippen LogP) is 6.22. The van der Waals surface area contributed by atoms with E-state index in [2.05, 4.69) is 19.2 Å². The van der Waals surface area contributed by atoms with Gasteiger partial charge in [0.15, 0.2) is 12.6 Å². The molecule has 2 rings (SSSR count).